The van der Waals surface area contributed by atoms with Gasteiger partial charge in [0, 0.05) is 18.4 Å². The lowest BCUT2D eigenvalue weighted by molar-refractivity contribution is 0.426. The number of nitrogens with zero attached hydrogens (tertiary/aromatic N) is 1. The molecule has 0 radical (unpaired) electrons. The van der Waals surface area contributed by atoms with Crippen molar-refractivity contribution < 1.29 is 10.0 Å². The molecule has 2 N–H and O–H groups in total. The van der Waals surface area contributed by atoms with E-state index < -0.39 is 7.12 Å². The topological polar surface area (TPSA) is 43.7 Å². The van der Waals surface area contributed by atoms with E-state index in [1.54, 1.807) is 12.1 Å². The Bertz CT molecular complexity index is 567. The fraction of sp³-hybridized carbons (Fsp3) is 0.200. The van der Waals surface area contributed by atoms with Crippen molar-refractivity contribution in [3.8, 4) is 0 Å². The monoisotopic (exact) mass is 255 g/mol. The van der Waals surface area contributed by atoms with Crippen molar-refractivity contribution >= 4 is 24.0 Å². The predicted molar refractivity (Wildman–Crippen MR) is 80.2 cm³/mol. The van der Waals surface area contributed by atoms with Gasteiger partial charge in [0.25, 0.3) is 0 Å². The molecule has 0 saturated heterocycles. The summed E-state index contributed by atoms with van der Waals surface area (Å²) in [4.78, 5) is 2.03. The van der Waals surface area contributed by atoms with Crippen LogP contribution in [0.2, 0.25) is 0 Å². The van der Waals surface area contributed by atoms with Gasteiger partial charge in [-0.3, -0.25) is 0 Å². The summed E-state index contributed by atoms with van der Waals surface area (Å²) >= 11 is 0. The quantitative estimate of drug-likeness (QED) is 0.821. The minimum absolute atomic E-state index is 0.508. The van der Waals surface area contributed by atoms with Crippen LogP contribution >= 0.6 is 0 Å². The van der Waals surface area contributed by atoms with Crippen molar-refractivity contribution in [3.63, 3.8) is 0 Å². The molecule has 0 amide bonds. The van der Waals surface area contributed by atoms with Crippen LogP contribution in [0.5, 0.6) is 0 Å². The highest BCUT2D eigenvalue weighted by Crippen LogP contribution is 2.23. The second-order valence-electron chi connectivity index (χ2n) is 4.87. The molecule has 0 heterocycles. The zero-order valence-electron chi connectivity index (χ0n) is 11.5. The third kappa shape index (κ3) is 3.16. The third-order valence-corrected chi connectivity index (χ3v) is 3.19. The Morgan fingerprint density at radius 3 is 2.05 bits per heavy atom. The number of benzene rings is 2. The van der Waals surface area contributed by atoms with E-state index in [0.29, 0.717) is 5.46 Å². The van der Waals surface area contributed by atoms with E-state index in [1.807, 2.05) is 37.1 Å². The number of aryl methyl sites for hydroxylation is 2. The van der Waals surface area contributed by atoms with Gasteiger partial charge in [-0.05, 0) is 49.1 Å². The molecule has 0 fully saturated rings. The van der Waals surface area contributed by atoms with Crippen molar-refractivity contribution in [2.75, 3.05) is 11.9 Å². The highest BCUT2D eigenvalue weighted by Gasteiger charge is 2.14. The summed E-state index contributed by atoms with van der Waals surface area (Å²) in [5, 5.41) is 18.6. The van der Waals surface area contributed by atoms with Crippen LogP contribution in [0.3, 0.4) is 0 Å². The summed E-state index contributed by atoms with van der Waals surface area (Å²) < 4.78 is 0. The van der Waals surface area contributed by atoms with E-state index >= 15 is 0 Å². The third-order valence-electron chi connectivity index (χ3n) is 3.19. The lowest BCUT2D eigenvalue weighted by atomic mass is 9.79. The fourth-order valence-corrected chi connectivity index (χ4v) is 2.05. The first kappa shape index (κ1) is 13.7. The van der Waals surface area contributed by atoms with E-state index in [2.05, 4.69) is 19.1 Å². The summed E-state index contributed by atoms with van der Waals surface area (Å²) in [6.45, 7) is 4.00. The first-order valence-corrected chi connectivity index (χ1v) is 6.25. The molecule has 0 saturated carbocycles. The van der Waals surface area contributed by atoms with Crippen LogP contribution in [0.4, 0.5) is 11.4 Å². The van der Waals surface area contributed by atoms with Gasteiger partial charge in [0.05, 0.1) is 0 Å². The minimum Gasteiger partial charge on any atom is -0.423 e. The van der Waals surface area contributed by atoms with Crippen molar-refractivity contribution in [2.24, 2.45) is 0 Å². The average Bonchev–Trinajstić information content (AvgIpc) is 2.38. The van der Waals surface area contributed by atoms with Crippen LogP contribution in [0.25, 0.3) is 0 Å². The summed E-state index contributed by atoms with van der Waals surface area (Å²) in [5.41, 5.74) is 4.72. The SMILES string of the molecule is Cc1ccc(N(C)c2cc(C)cc(B(O)O)c2)cc1. The van der Waals surface area contributed by atoms with Crippen molar-refractivity contribution in [2.45, 2.75) is 13.8 Å². The van der Waals surface area contributed by atoms with Crippen LogP contribution in [0, 0.1) is 13.8 Å². The largest absolute Gasteiger partial charge is 0.488 e. The molecule has 0 atom stereocenters. The van der Waals surface area contributed by atoms with Crippen molar-refractivity contribution in [3.05, 3.63) is 53.6 Å². The van der Waals surface area contributed by atoms with Gasteiger partial charge < -0.3 is 14.9 Å². The number of hydrogen-bond acceptors (Lipinski definition) is 3. The zero-order chi connectivity index (χ0) is 14.0. The molecule has 0 aliphatic heterocycles. The van der Waals surface area contributed by atoms with Crippen molar-refractivity contribution in [1.29, 1.82) is 0 Å². The number of hydrogen-bond donors (Lipinski definition) is 2. The molecule has 0 aliphatic carbocycles. The van der Waals surface area contributed by atoms with E-state index in [9.17, 15) is 10.0 Å². The maximum absolute atomic E-state index is 9.30. The molecule has 0 aliphatic rings. The Kier molecular flexibility index (Phi) is 3.93. The first-order chi connectivity index (χ1) is 8.97. The highest BCUT2D eigenvalue weighted by molar-refractivity contribution is 6.58. The van der Waals surface area contributed by atoms with Crippen molar-refractivity contribution in [1.82, 2.24) is 0 Å². The molecule has 98 valence electrons. The van der Waals surface area contributed by atoms with Gasteiger partial charge >= 0.3 is 7.12 Å². The molecule has 3 nitrogen and oxygen atoms in total. The summed E-state index contributed by atoms with van der Waals surface area (Å²) in [5.74, 6) is 0. The molecule has 19 heavy (non-hydrogen) atoms. The Hall–Kier alpha value is -1.78. The maximum Gasteiger partial charge on any atom is 0.488 e. The Morgan fingerprint density at radius 2 is 1.47 bits per heavy atom. The second kappa shape index (κ2) is 5.47. The average molecular weight is 255 g/mol. The van der Waals surface area contributed by atoms with E-state index in [-0.39, 0.29) is 0 Å². The van der Waals surface area contributed by atoms with E-state index in [1.165, 1.54) is 5.56 Å². The zero-order valence-corrected chi connectivity index (χ0v) is 11.5. The number of anilines is 2. The molecule has 2 rings (SSSR count). The maximum atomic E-state index is 9.30. The summed E-state index contributed by atoms with van der Waals surface area (Å²) in [6, 6.07) is 13.8. The smallest absolute Gasteiger partial charge is 0.423 e. The van der Waals surface area contributed by atoms with Gasteiger partial charge in [0.1, 0.15) is 0 Å². The lowest BCUT2D eigenvalue weighted by Gasteiger charge is -2.21. The Balaban J connectivity index is 2.38. The van der Waals surface area contributed by atoms with Crippen LogP contribution in [-0.4, -0.2) is 24.2 Å². The number of rotatable bonds is 3. The Morgan fingerprint density at radius 1 is 0.842 bits per heavy atom. The van der Waals surface area contributed by atoms with Crippen LogP contribution in [0.15, 0.2) is 42.5 Å². The van der Waals surface area contributed by atoms with Crippen LogP contribution < -0.4 is 10.4 Å². The molecule has 4 heteroatoms. The standard InChI is InChI=1S/C15H18BNO2/c1-11-4-6-14(7-5-11)17(3)15-9-12(2)8-13(10-15)16(18)19/h4-10,18-19H,1-3H3. The van der Waals surface area contributed by atoms with Crippen LogP contribution in [0.1, 0.15) is 11.1 Å². The molecule has 0 unspecified atom stereocenters. The lowest BCUT2D eigenvalue weighted by Crippen LogP contribution is -2.30. The second-order valence-corrected chi connectivity index (χ2v) is 4.87. The molecule has 0 bridgehead atoms. The van der Waals surface area contributed by atoms with Gasteiger partial charge in [-0.2, -0.15) is 0 Å². The molecule has 2 aromatic rings. The normalized spacial score (nSPS) is 10.4. The Labute approximate surface area is 114 Å². The van der Waals surface area contributed by atoms with Gasteiger partial charge in [-0.25, -0.2) is 0 Å². The van der Waals surface area contributed by atoms with Gasteiger partial charge in [-0.15, -0.1) is 0 Å². The van der Waals surface area contributed by atoms with Gasteiger partial charge in [0.15, 0.2) is 0 Å². The van der Waals surface area contributed by atoms with E-state index in [4.69, 9.17) is 0 Å². The van der Waals surface area contributed by atoms with Gasteiger partial charge in [-0.1, -0.05) is 23.8 Å². The fourth-order valence-electron chi connectivity index (χ4n) is 2.05. The first-order valence-electron chi connectivity index (χ1n) is 6.25. The summed E-state index contributed by atoms with van der Waals surface area (Å²) in [7, 11) is 0.526. The molecule has 0 aromatic heterocycles. The van der Waals surface area contributed by atoms with Crippen LogP contribution in [-0.2, 0) is 0 Å². The van der Waals surface area contributed by atoms with E-state index in [0.717, 1.165) is 16.9 Å². The summed E-state index contributed by atoms with van der Waals surface area (Å²) in [6.07, 6.45) is 0. The molecule has 0 spiro atoms. The molecular weight excluding hydrogens is 237 g/mol. The minimum atomic E-state index is -1.44. The van der Waals surface area contributed by atoms with Gasteiger partial charge in [0.2, 0.25) is 0 Å². The molecular formula is C15H18BNO2. The molecule has 2 aromatic carbocycles. The highest BCUT2D eigenvalue weighted by atomic mass is 16.4. The predicted octanol–water partition coefficient (Wildman–Crippen LogP) is 1.75.